The molecule has 0 saturated carbocycles. The van der Waals surface area contributed by atoms with Gasteiger partial charge in [0.05, 0.1) is 31.0 Å². The van der Waals surface area contributed by atoms with Gasteiger partial charge in [0.1, 0.15) is 28.7 Å². The number of nitrogens with zero attached hydrogens (tertiary/aromatic N) is 3. The Hall–Kier alpha value is -2.28. The van der Waals surface area contributed by atoms with Gasteiger partial charge in [-0.25, -0.2) is 18.7 Å². The van der Waals surface area contributed by atoms with Gasteiger partial charge in [-0.15, -0.1) is 0 Å². The summed E-state index contributed by atoms with van der Waals surface area (Å²) in [6.07, 6.45) is 0.127. The number of hydrogen-bond donors (Lipinski definition) is 1. The first kappa shape index (κ1) is 22.9. The van der Waals surface area contributed by atoms with Crippen molar-refractivity contribution in [1.82, 2.24) is 15.3 Å². The monoisotopic (exact) mass is 480 g/mol. The maximum absolute atomic E-state index is 16.0. The molecule has 4 rings (SSSR count). The third-order valence-electron chi connectivity index (χ3n) is 5.29. The Balaban J connectivity index is 2.02. The van der Waals surface area contributed by atoms with Gasteiger partial charge in [-0.1, -0.05) is 17.7 Å². The average molecular weight is 481 g/mol. The van der Waals surface area contributed by atoms with Crippen LogP contribution in [0.5, 0.6) is 5.75 Å². The van der Waals surface area contributed by atoms with Crippen molar-refractivity contribution in [2.24, 2.45) is 0 Å². The van der Waals surface area contributed by atoms with E-state index in [0.29, 0.717) is 24.3 Å². The van der Waals surface area contributed by atoms with Crippen LogP contribution in [0.3, 0.4) is 0 Å². The second-order valence-corrected chi connectivity index (χ2v) is 12.1. The lowest BCUT2D eigenvalue weighted by molar-refractivity contribution is 0.413. The number of ether oxygens (including phenoxy) is 1. The van der Waals surface area contributed by atoms with E-state index >= 15 is 4.39 Å². The molecule has 1 aromatic heterocycles. The van der Waals surface area contributed by atoms with Crippen LogP contribution in [0, 0.1) is 11.6 Å². The highest BCUT2D eigenvalue weighted by atomic mass is 35.5. The van der Waals surface area contributed by atoms with E-state index in [1.165, 1.54) is 19.2 Å². The molecule has 1 fully saturated rings. The number of hydrogen-bond acceptors (Lipinski definition) is 6. The predicted molar refractivity (Wildman–Crippen MR) is 125 cm³/mol. The minimum atomic E-state index is -2.53. The Morgan fingerprint density at radius 3 is 2.56 bits per heavy atom. The molecule has 170 valence electrons. The lowest BCUT2D eigenvalue weighted by atomic mass is 10.0. The van der Waals surface area contributed by atoms with E-state index in [2.05, 4.69) is 15.3 Å². The van der Waals surface area contributed by atoms with E-state index in [-0.39, 0.29) is 39.4 Å². The molecule has 0 amide bonds. The molecule has 0 unspecified atom stereocenters. The van der Waals surface area contributed by atoms with Crippen LogP contribution in [-0.4, -0.2) is 56.6 Å². The number of anilines is 1. The van der Waals surface area contributed by atoms with Crippen LogP contribution < -0.4 is 15.0 Å². The van der Waals surface area contributed by atoms with E-state index in [0.717, 1.165) is 13.1 Å². The number of rotatable bonds is 5. The summed E-state index contributed by atoms with van der Waals surface area (Å²) in [6.45, 7) is 6.12. The van der Waals surface area contributed by atoms with Crippen LogP contribution in [0.25, 0.3) is 22.0 Å². The van der Waals surface area contributed by atoms with E-state index in [1.807, 2.05) is 4.90 Å². The number of benzene rings is 2. The molecule has 0 radical (unpaired) electrons. The maximum atomic E-state index is 16.0. The molecule has 2 heterocycles. The smallest absolute Gasteiger partial charge is 0.159 e. The molecule has 0 aliphatic carbocycles. The highest BCUT2D eigenvalue weighted by Crippen LogP contribution is 2.44. The SMILES string of the molecule is COc1cccc(F)c1-c1c(Cl)cc2c(N3CCNCC3)nc(CP(C)(C)=O)nc2c1F. The molecule has 6 nitrogen and oxygen atoms in total. The Kier molecular flexibility index (Phi) is 6.39. The standard InChI is InChI=1S/C22H24ClF2N4O2P/c1-31-16-6-4-5-15(24)19(16)18-14(23)11-13-21(20(18)25)27-17(12-32(2,3)30)28-22(13)29-9-7-26-8-10-29/h4-6,11,26H,7-10,12H2,1-3H3. The number of methoxy groups -OCH3 is 1. The molecular weight excluding hydrogens is 457 g/mol. The fraction of sp³-hybridized carbons (Fsp3) is 0.364. The van der Waals surface area contributed by atoms with Crippen LogP contribution in [0.2, 0.25) is 5.02 Å². The van der Waals surface area contributed by atoms with Crippen molar-refractivity contribution in [3.63, 3.8) is 0 Å². The summed E-state index contributed by atoms with van der Waals surface area (Å²) in [4.78, 5) is 11.1. The van der Waals surface area contributed by atoms with Crippen molar-refractivity contribution in [3.05, 3.63) is 46.7 Å². The van der Waals surface area contributed by atoms with Gasteiger partial charge < -0.3 is 19.5 Å². The van der Waals surface area contributed by atoms with Crippen LogP contribution in [0.1, 0.15) is 5.82 Å². The first-order valence-corrected chi connectivity index (χ1v) is 13.4. The first-order valence-electron chi connectivity index (χ1n) is 10.2. The molecule has 0 atom stereocenters. The Labute approximate surface area is 190 Å². The van der Waals surface area contributed by atoms with Crippen molar-refractivity contribution in [3.8, 4) is 16.9 Å². The summed E-state index contributed by atoms with van der Waals surface area (Å²) >= 11 is 6.51. The number of nitrogens with one attached hydrogen (secondary N) is 1. The molecule has 1 saturated heterocycles. The summed E-state index contributed by atoms with van der Waals surface area (Å²) in [6, 6.07) is 5.81. The van der Waals surface area contributed by atoms with Gasteiger partial charge in [0.25, 0.3) is 0 Å². The first-order chi connectivity index (χ1) is 15.2. The minimum Gasteiger partial charge on any atom is -0.496 e. The largest absolute Gasteiger partial charge is 0.496 e. The van der Waals surface area contributed by atoms with Crippen LogP contribution in [0.15, 0.2) is 24.3 Å². The number of piperazine rings is 1. The third kappa shape index (κ3) is 4.45. The second-order valence-electron chi connectivity index (χ2n) is 8.19. The Morgan fingerprint density at radius 2 is 1.91 bits per heavy atom. The van der Waals surface area contributed by atoms with Crippen LogP contribution in [-0.2, 0) is 10.7 Å². The predicted octanol–water partition coefficient (Wildman–Crippen LogP) is 4.77. The molecule has 1 N–H and O–H groups in total. The zero-order valence-corrected chi connectivity index (χ0v) is 19.7. The summed E-state index contributed by atoms with van der Waals surface area (Å²) < 4.78 is 48.5. The summed E-state index contributed by atoms with van der Waals surface area (Å²) in [7, 11) is -1.14. The highest BCUT2D eigenvalue weighted by molar-refractivity contribution is 7.61. The maximum Gasteiger partial charge on any atom is 0.159 e. The van der Waals surface area contributed by atoms with Crippen LogP contribution in [0.4, 0.5) is 14.6 Å². The van der Waals surface area contributed by atoms with Gasteiger partial charge in [0.15, 0.2) is 5.82 Å². The molecule has 1 aliphatic heterocycles. The fourth-order valence-electron chi connectivity index (χ4n) is 3.90. The molecule has 32 heavy (non-hydrogen) atoms. The van der Waals surface area contributed by atoms with Crippen molar-refractivity contribution < 1.29 is 18.1 Å². The van der Waals surface area contributed by atoms with Gasteiger partial charge in [-0.05, 0) is 31.5 Å². The van der Waals surface area contributed by atoms with Gasteiger partial charge in [0, 0.05) is 37.1 Å². The topological polar surface area (TPSA) is 67.3 Å². The minimum absolute atomic E-state index is 0.0155. The lowest BCUT2D eigenvalue weighted by Crippen LogP contribution is -2.44. The van der Waals surface area contributed by atoms with Crippen molar-refractivity contribution in [1.29, 1.82) is 0 Å². The fourth-order valence-corrected chi connectivity index (χ4v) is 5.01. The molecule has 3 aromatic rings. The highest BCUT2D eigenvalue weighted by Gasteiger charge is 2.26. The van der Waals surface area contributed by atoms with Crippen molar-refractivity contribution in [2.75, 3.05) is 51.5 Å². The lowest BCUT2D eigenvalue weighted by Gasteiger charge is -2.30. The molecular formula is C22H24ClF2N4O2P. The number of fused-ring (bicyclic) bond motifs is 1. The van der Waals surface area contributed by atoms with Gasteiger partial charge >= 0.3 is 0 Å². The summed E-state index contributed by atoms with van der Waals surface area (Å²) in [5, 5.41) is 3.73. The van der Waals surface area contributed by atoms with Gasteiger partial charge in [-0.2, -0.15) is 0 Å². The Morgan fingerprint density at radius 1 is 1.19 bits per heavy atom. The molecule has 10 heteroatoms. The molecule has 1 aliphatic rings. The van der Waals surface area contributed by atoms with Crippen molar-refractivity contribution >= 4 is 35.5 Å². The van der Waals surface area contributed by atoms with Crippen molar-refractivity contribution in [2.45, 2.75) is 6.16 Å². The number of aromatic nitrogens is 2. The summed E-state index contributed by atoms with van der Waals surface area (Å²) in [5.74, 6) is -0.445. The quantitative estimate of drug-likeness (QED) is 0.531. The molecule has 0 spiro atoms. The zero-order chi connectivity index (χ0) is 23.0. The normalized spacial score (nSPS) is 14.8. The Bertz CT molecular complexity index is 1230. The van der Waals surface area contributed by atoms with E-state index in [9.17, 15) is 8.96 Å². The second kappa shape index (κ2) is 8.93. The van der Waals surface area contributed by atoms with E-state index < -0.39 is 18.8 Å². The van der Waals surface area contributed by atoms with E-state index in [4.69, 9.17) is 16.3 Å². The van der Waals surface area contributed by atoms with Crippen LogP contribution >= 0.6 is 18.7 Å². The molecule has 0 bridgehead atoms. The molecule has 2 aromatic carbocycles. The zero-order valence-electron chi connectivity index (χ0n) is 18.1. The van der Waals surface area contributed by atoms with Gasteiger partial charge in [0.2, 0.25) is 0 Å². The average Bonchev–Trinajstić information content (AvgIpc) is 2.74. The van der Waals surface area contributed by atoms with E-state index in [1.54, 1.807) is 25.5 Å². The number of halogens is 3. The third-order valence-corrected chi connectivity index (χ3v) is 6.64. The summed E-state index contributed by atoms with van der Waals surface area (Å²) in [5.41, 5.74) is -0.178. The van der Waals surface area contributed by atoms with Gasteiger partial charge in [-0.3, -0.25) is 0 Å².